The predicted molar refractivity (Wildman–Crippen MR) is 58.3 cm³/mol. The highest BCUT2D eigenvalue weighted by Gasteiger charge is 2.26. The van der Waals surface area contributed by atoms with Crippen LogP contribution in [-0.4, -0.2) is 30.7 Å². The zero-order valence-electron chi connectivity index (χ0n) is 9.57. The number of hydrogen-bond donors (Lipinski definition) is 2. The van der Waals surface area contributed by atoms with Crippen molar-refractivity contribution >= 4 is 0 Å². The molecule has 0 radical (unpaired) electrons. The maximum atomic E-state index is 12.5. The number of unbranched alkanes of at least 4 members (excludes halogenated alkanes) is 5. The lowest BCUT2D eigenvalue weighted by Gasteiger charge is -2.13. The first-order chi connectivity index (χ1) is 7.12. The Hall–Kier alpha value is -0.220. The maximum Gasteiger partial charge on any atom is 0.282 e. The van der Waals surface area contributed by atoms with E-state index in [1.807, 2.05) is 0 Å². The molecule has 2 nitrogen and oxygen atoms in total. The summed E-state index contributed by atoms with van der Waals surface area (Å²) in [6.45, 7) is 1.29. The molecule has 15 heavy (non-hydrogen) atoms. The van der Waals surface area contributed by atoms with Gasteiger partial charge in [0.2, 0.25) is 0 Å². The van der Waals surface area contributed by atoms with Crippen molar-refractivity contribution in [2.45, 2.75) is 51.4 Å². The van der Waals surface area contributed by atoms with E-state index >= 15 is 0 Å². The van der Waals surface area contributed by atoms with Crippen molar-refractivity contribution in [3.63, 3.8) is 0 Å². The molecule has 0 bridgehead atoms. The van der Waals surface area contributed by atoms with E-state index in [0.29, 0.717) is 6.54 Å². The van der Waals surface area contributed by atoms with Gasteiger partial charge in [-0.25, -0.2) is 8.78 Å². The minimum Gasteiger partial charge on any atom is -0.390 e. The fourth-order valence-corrected chi connectivity index (χ4v) is 1.36. The second kappa shape index (κ2) is 9.04. The van der Waals surface area contributed by atoms with Crippen molar-refractivity contribution in [2.75, 3.05) is 19.7 Å². The van der Waals surface area contributed by atoms with Crippen molar-refractivity contribution in [3.05, 3.63) is 0 Å². The highest BCUT2D eigenvalue weighted by molar-refractivity contribution is 4.67. The van der Waals surface area contributed by atoms with Crippen LogP contribution in [0.5, 0.6) is 0 Å². The van der Waals surface area contributed by atoms with Gasteiger partial charge in [-0.05, 0) is 13.0 Å². The van der Waals surface area contributed by atoms with Gasteiger partial charge in [0.25, 0.3) is 5.92 Å². The Morgan fingerprint density at radius 2 is 1.67 bits per heavy atom. The normalized spacial score (nSPS) is 12.0. The number of aliphatic hydroxyl groups excluding tert-OH is 1. The Kier molecular flexibility index (Phi) is 8.91. The molecule has 0 spiro atoms. The average molecular weight is 223 g/mol. The van der Waals surface area contributed by atoms with Crippen LogP contribution in [0.1, 0.15) is 45.4 Å². The lowest BCUT2D eigenvalue weighted by Crippen LogP contribution is -2.36. The van der Waals surface area contributed by atoms with Crippen LogP contribution >= 0.6 is 0 Å². The molecule has 0 aliphatic rings. The van der Waals surface area contributed by atoms with Gasteiger partial charge in [-0.1, -0.05) is 39.0 Å². The van der Waals surface area contributed by atoms with Crippen LogP contribution in [0.4, 0.5) is 8.78 Å². The molecule has 0 heterocycles. The third kappa shape index (κ3) is 10.1. The first-order valence-corrected chi connectivity index (χ1v) is 5.82. The largest absolute Gasteiger partial charge is 0.390 e. The molecule has 0 aliphatic heterocycles. The molecule has 2 N–H and O–H groups in total. The van der Waals surface area contributed by atoms with Gasteiger partial charge < -0.3 is 10.4 Å². The molecule has 0 aromatic rings. The molecule has 0 atom stereocenters. The molecule has 0 aliphatic carbocycles. The van der Waals surface area contributed by atoms with E-state index in [9.17, 15) is 8.78 Å². The van der Waals surface area contributed by atoms with Gasteiger partial charge in [-0.3, -0.25) is 0 Å². The molecule has 0 saturated heterocycles. The van der Waals surface area contributed by atoms with Gasteiger partial charge >= 0.3 is 0 Å². The zero-order chi connectivity index (χ0) is 11.6. The van der Waals surface area contributed by atoms with Gasteiger partial charge in [-0.15, -0.1) is 0 Å². The molecular formula is C11H23F2NO. The fourth-order valence-electron chi connectivity index (χ4n) is 1.36. The lowest BCUT2D eigenvalue weighted by atomic mass is 10.1. The van der Waals surface area contributed by atoms with Crippen molar-refractivity contribution in [2.24, 2.45) is 0 Å². The summed E-state index contributed by atoms with van der Waals surface area (Å²) in [5.74, 6) is -2.97. The van der Waals surface area contributed by atoms with E-state index in [-0.39, 0.29) is 0 Å². The number of alkyl halides is 2. The first kappa shape index (κ1) is 14.8. The Morgan fingerprint density at radius 1 is 1.07 bits per heavy atom. The monoisotopic (exact) mass is 223 g/mol. The highest BCUT2D eigenvalue weighted by Crippen LogP contribution is 2.10. The van der Waals surface area contributed by atoms with E-state index in [2.05, 4.69) is 12.2 Å². The molecule has 0 aromatic carbocycles. The number of halogens is 2. The molecule has 4 heteroatoms. The number of rotatable bonds is 10. The van der Waals surface area contributed by atoms with Gasteiger partial charge in [0.1, 0.15) is 6.61 Å². The molecule has 0 unspecified atom stereocenters. The van der Waals surface area contributed by atoms with Crippen molar-refractivity contribution < 1.29 is 13.9 Å². The Labute approximate surface area is 91.1 Å². The lowest BCUT2D eigenvalue weighted by molar-refractivity contribution is -0.0474. The fraction of sp³-hybridized carbons (Fsp3) is 1.00. The van der Waals surface area contributed by atoms with Crippen molar-refractivity contribution in [1.82, 2.24) is 5.32 Å². The molecular weight excluding hydrogens is 200 g/mol. The predicted octanol–water partition coefficient (Wildman–Crippen LogP) is 2.56. The van der Waals surface area contributed by atoms with Gasteiger partial charge in [-0.2, -0.15) is 0 Å². The molecule has 0 saturated carbocycles. The number of hydrogen-bond acceptors (Lipinski definition) is 2. The molecule has 0 amide bonds. The SMILES string of the molecule is CCCCCCCCNCC(F)(F)CO. The van der Waals surface area contributed by atoms with E-state index in [1.54, 1.807) is 0 Å². The van der Waals surface area contributed by atoms with Crippen LogP contribution in [0.2, 0.25) is 0 Å². The summed E-state index contributed by atoms with van der Waals surface area (Å²) in [7, 11) is 0. The quantitative estimate of drug-likeness (QED) is 0.558. The minimum atomic E-state index is -2.97. The number of aliphatic hydroxyl groups is 1. The van der Waals surface area contributed by atoms with Crippen molar-refractivity contribution in [3.8, 4) is 0 Å². The summed E-state index contributed by atoms with van der Waals surface area (Å²) < 4.78 is 25.0. The summed E-state index contributed by atoms with van der Waals surface area (Å²) in [5, 5.41) is 11.0. The summed E-state index contributed by atoms with van der Waals surface area (Å²) in [5.41, 5.74) is 0. The van der Waals surface area contributed by atoms with E-state index in [4.69, 9.17) is 5.11 Å². The third-order valence-electron chi connectivity index (χ3n) is 2.32. The molecule has 0 rings (SSSR count). The van der Waals surface area contributed by atoms with Crippen LogP contribution in [0.3, 0.4) is 0 Å². The Bertz CT molecular complexity index is 143. The topological polar surface area (TPSA) is 32.3 Å². The molecule has 0 aromatic heterocycles. The summed E-state index contributed by atoms with van der Waals surface area (Å²) >= 11 is 0. The highest BCUT2D eigenvalue weighted by atomic mass is 19.3. The standard InChI is InChI=1S/C11H23F2NO/c1-2-3-4-5-6-7-8-14-9-11(12,13)10-15/h14-15H,2-10H2,1H3. The summed E-state index contributed by atoms with van der Waals surface area (Å²) in [4.78, 5) is 0. The second-order valence-electron chi connectivity index (χ2n) is 3.96. The van der Waals surface area contributed by atoms with E-state index in [0.717, 1.165) is 12.8 Å². The molecule has 92 valence electrons. The van der Waals surface area contributed by atoms with Gasteiger partial charge in [0.05, 0.1) is 6.54 Å². The average Bonchev–Trinajstić information content (AvgIpc) is 2.22. The van der Waals surface area contributed by atoms with Gasteiger partial charge in [0.15, 0.2) is 0 Å². The Morgan fingerprint density at radius 3 is 2.27 bits per heavy atom. The van der Waals surface area contributed by atoms with Crippen LogP contribution in [0, 0.1) is 0 Å². The summed E-state index contributed by atoms with van der Waals surface area (Å²) in [6.07, 6.45) is 6.94. The van der Waals surface area contributed by atoms with Crippen molar-refractivity contribution in [1.29, 1.82) is 0 Å². The van der Waals surface area contributed by atoms with E-state index < -0.39 is 19.1 Å². The second-order valence-corrected chi connectivity index (χ2v) is 3.96. The smallest absolute Gasteiger partial charge is 0.282 e. The zero-order valence-corrected chi connectivity index (χ0v) is 9.57. The van der Waals surface area contributed by atoms with Crippen LogP contribution < -0.4 is 5.32 Å². The Balaban J connectivity index is 3.11. The van der Waals surface area contributed by atoms with Crippen LogP contribution in [0.15, 0.2) is 0 Å². The first-order valence-electron chi connectivity index (χ1n) is 5.82. The summed E-state index contributed by atoms with van der Waals surface area (Å²) in [6, 6.07) is 0. The van der Waals surface area contributed by atoms with Crippen LogP contribution in [-0.2, 0) is 0 Å². The number of nitrogens with one attached hydrogen (secondary N) is 1. The van der Waals surface area contributed by atoms with Gasteiger partial charge in [0, 0.05) is 0 Å². The molecule has 0 fully saturated rings. The van der Waals surface area contributed by atoms with Crippen LogP contribution in [0.25, 0.3) is 0 Å². The minimum absolute atomic E-state index is 0.418. The third-order valence-corrected chi connectivity index (χ3v) is 2.32. The van der Waals surface area contributed by atoms with E-state index in [1.165, 1.54) is 25.7 Å². The maximum absolute atomic E-state index is 12.5.